The molecule has 0 aliphatic rings. The Bertz CT molecular complexity index is 1200. The van der Waals surface area contributed by atoms with Gasteiger partial charge < -0.3 is 14.4 Å². The number of carbonyl (C=O) groups excluding carboxylic acids is 1. The number of aromatic hydroxyl groups is 1. The molecule has 0 aliphatic heterocycles. The average molecular weight is 401 g/mol. The summed E-state index contributed by atoms with van der Waals surface area (Å²) in [5.41, 5.74) is 6.23. The summed E-state index contributed by atoms with van der Waals surface area (Å²) in [5, 5.41) is 16.3. The maximum atomic E-state index is 12.4. The molecule has 152 valence electrons. The van der Waals surface area contributed by atoms with Crippen molar-refractivity contribution in [2.75, 3.05) is 7.11 Å². The largest absolute Gasteiger partial charge is 0.504 e. The van der Waals surface area contributed by atoms with E-state index in [2.05, 4.69) is 39.4 Å². The normalized spacial score (nSPS) is 11.7. The highest BCUT2D eigenvalue weighted by molar-refractivity contribution is 6.08. The highest BCUT2D eigenvalue weighted by Crippen LogP contribution is 2.29. The summed E-state index contributed by atoms with van der Waals surface area (Å²) in [5.74, 6) is 0.256. The first-order chi connectivity index (χ1) is 14.6. The second-order valence-corrected chi connectivity index (χ2v) is 7.05. The van der Waals surface area contributed by atoms with E-state index in [0.717, 1.165) is 16.6 Å². The van der Waals surface area contributed by atoms with Gasteiger partial charge in [0.2, 0.25) is 5.91 Å². The molecule has 4 aromatic rings. The Hall–Kier alpha value is -3.80. The predicted octanol–water partition coefficient (Wildman–Crippen LogP) is 4.44. The standard InChI is InChI=1S/C24H23N3O3/c1-16(17-11-12-22(28)23(15-17)30-2)25-26-24(29)13-14-27-20-9-5-3-7-18(20)19-8-4-6-10-21(19)27/h3-12,15,28H,13-14H2,1-2H3,(H,26,29). The number of aromatic nitrogens is 1. The molecular weight excluding hydrogens is 378 g/mol. The maximum Gasteiger partial charge on any atom is 0.241 e. The van der Waals surface area contributed by atoms with E-state index in [1.807, 2.05) is 24.3 Å². The zero-order valence-electron chi connectivity index (χ0n) is 16.9. The number of para-hydroxylation sites is 2. The highest BCUT2D eigenvalue weighted by Gasteiger charge is 2.11. The summed E-state index contributed by atoms with van der Waals surface area (Å²) in [7, 11) is 1.49. The van der Waals surface area contributed by atoms with Gasteiger partial charge in [-0.25, -0.2) is 5.43 Å². The molecule has 0 bridgehead atoms. The number of carbonyl (C=O) groups is 1. The van der Waals surface area contributed by atoms with Crippen molar-refractivity contribution in [3.05, 3.63) is 72.3 Å². The zero-order valence-corrected chi connectivity index (χ0v) is 16.9. The van der Waals surface area contributed by atoms with Crippen molar-refractivity contribution < 1.29 is 14.6 Å². The first-order valence-electron chi connectivity index (χ1n) is 9.75. The molecule has 3 aromatic carbocycles. The Morgan fingerprint density at radius 2 is 1.67 bits per heavy atom. The van der Waals surface area contributed by atoms with E-state index >= 15 is 0 Å². The van der Waals surface area contributed by atoms with Crippen LogP contribution in [0.5, 0.6) is 11.5 Å². The minimum atomic E-state index is -0.165. The van der Waals surface area contributed by atoms with Gasteiger partial charge in [-0.05, 0) is 37.3 Å². The van der Waals surface area contributed by atoms with E-state index in [-0.39, 0.29) is 11.7 Å². The van der Waals surface area contributed by atoms with Crippen LogP contribution in [-0.2, 0) is 11.3 Å². The predicted molar refractivity (Wildman–Crippen MR) is 119 cm³/mol. The molecule has 0 saturated heterocycles. The number of rotatable bonds is 6. The molecule has 1 amide bonds. The second kappa shape index (κ2) is 8.29. The third-order valence-corrected chi connectivity index (χ3v) is 5.19. The van der Waals surface area contributed by atoms with E-state index in [0.29, 0.717) is 24.4 Å². The quantitative estimate of drug-likeness (QED) is 0.370. The van der Waals surface area contributed by atoms with Crippen molar-refractivity contribution in [3.8, 4) is 11.5 Å². The molecule has 0 saturated carbocycles. The van der Waals surface area contributed by atoms with Gasteiger partial charge in [0.25, 0.3) is 0 Å². The summed E-state index contributed by atoms with van der Waals surface area (Å²) in [4.78, 5) is 12.4. The molecule has 4 rings (SSSR count). The second-order valence-electron chi connectivity index (χ2n) is 7.05. The molecule has 6 heteroatoms. The Kier molecular flexibility index (Phi) is 5.39. The number of amides is 1. The number of phenolic OH excluding ortho intramolecular Hbond substituents is 1. The average Bonchev–Trinajstić information content (AvgIpc) is 3.10. The molecule has 0 fully saturated rings. The molecule has 30 heavy (non-hydrogen) atoms. The van der Waals surface area contributed by atoms with Crippen molar-refractivity contribution in [2.24, 2.45) is 5.10 Å². The van der Waals surface area contributed by atoms with Crippen LogP contribution in [0.4, 0.5) is 0 Å². The van der Waals surface area contributed by atoms with Gasteiger partial charge in [-0.15, -0.1) is 0 Å². The van der Waals surface area contributed by atoms with Crippen LogP contribution in [-0.4, -0.2) is 28.4 Å². The van der Waals surface area contributed by atoms with Crippen molar-refractivity contribution >= 4 is 33.4 Å². The Balaban J connectivity index is 1.48. The topological polar surface area (TPSA) is 75.8 Å². The van der Waals surface area contributed by atoms with Crippen molar-refractivity contribution in [3.63, 3.8) is 0 Å². The number of hydrazone groups is 1. The first-order valence-corrected chi connectivity index (χ1v) is 9.75. The molecule has 0 aliphatic carbocycles. The number of fused-ring (bicyclic) bond motifs is 3. The van der Waals surface area contributed by atoms with Crippen LogP contribution in [0.15, 0.2) is 71.8 Å². The van der Waals surface area contributed by atoms with Crippen molar-refractivity contribution in [1.82, 2.24) is 9.99 Å². The smallest absolute Gasteiger partial charge is 0.241 e. The number of ether oxygens (including phenoxy) is 1. The summed E-state index contributed by atoms with van der Waals surface area (Å²) < 4.78 is 7.29. The van der Waals surface area contributed by atoms with Crippen LogP contribution in [0.2, 0.25) is 0 Å². The van der Waals surface area contributed by atoms with Crippen molar-refractivity contribution in [2.45, 2.75) is 19.9 Å². The number of nitrogens with one attached hydrogen (secondary N) is 1. The maximum absolute atomic E-state index is 12.4. The molecule has 0 atom stereocenters. The van der Waals surface area contributed by atoms with Gasteiger partial charge in [0, 0.05) is 40.3 Å². The lowest BCUT2D eigenvalue weighted by molar-refractivity contribution is -0.121. The molecule has 0 spiro atoms. The summed E-state index contributed by atoms with van der Waals surface area (Å²) in [6, 6.07) is 21.4. The Morgan fingerprint density at radius 1 is 1.03 bits per heavy atom. The fourth-order valence-electron chi connectivity index (χ4n) is 3.63. The Morgan fingerprint density at radius 3 is 2.30 bits per heavy atom. The summed E-state index contributed by atoms with van der Waals surface area (Å²) in [6.45, 7) is 2.35. The fourth-order valence-corrected chi connectivity index (χ4v) is 3.63. The lowest BCUT2D eigenvalue weighted by Crippen LogP contribution is -2.20. The van der Waals surface area contributed by atoms with E-state index in [1.165, 1.54) is 23.9 Å². The van der Waals surface area contributed by atoms with Gasteiger partial charge >= 0.3 is 0 Å². The number of methoxy groups -OCH3 is 1. The van der Waals surface area contributed by atoms with Crippen LogP contribution in [0.3, 0.4) is 0 Å². The van der Waals surface area contributed by atoms with Gasteiger partial charge in [-0.3, -0.25) is 4.79 Å². The third-order valence-electron chi connectivity index (χ3n) is 5.19. The monoisotopic (exact) mass is 401 g/mol. The third kappa shape index (κ3) is 3.72. The molecule has 1 aromatic heterocycles. The lowest BCUT2D eigenvalue weighted by Gasteiger charge is -2.08. The molecular formula is C24H23N3O3. The van der Waals surface area contributed by atoms with Crippen LogP contribution < -0.4 is 10.2 Å². The number of hydrogen-bond donors (Lipinski definition) is 2. The van der Waals surface area contributed by atoms with E-state index in [4.69, 9.17) is 4.74 Å². The lowest BCUT2D eigenvalue weighted by atomic mass is 10.1. The van der Waals surface area contributed by atoms with E-state index in [9.17, 15) is 9.90 Å². The SMILES string of the molecule is COc1cc(C(C)=NNC(=O)CCn2c3ccccc3c3ccccc32)ccc1O. The van der Waals surface area contributed by atoms with Crippen LogP contribution in [0, 0.1) is 0 Å². The van der Waals surface area contributed by atoms with Crippen molar-refractivity contribution in [1.29, 1.82) is 0 Å². The fraction of sp³-hybridized carbons (Fsp3) is 0.167. The summed E-state index contributed by atoms with van der Waals surface area (Å²) >= 11 is 0. The minimum absolute atomic E-state index is 0.0595. The van der Waals surface area contributed by atoms with E-state index in [1.54, 1.807) is 19.1 Å². The van der Waals surface area contributed by atoms with Gasteiger partial charge in [0.1, 0.15) is 0 Å². The number of hydrogen-bond acceptors (Lipinski definition) is 4. The minimum Gasteiger partial charge on any atom is -0.504 e. The van der Waals surface area contributed by atoms with Gasteiger partial charge in [-0.2, -0.15) is 5.10 Å². The first kappa shape index (κ1) is 19.5. The number of aryl methyl sites for hydroxylation is 1. The van der Waals surface area contributed by atoms with Crippen LogP contribution >= 0.6 is 0 Å². The van der Waals surface area contributed by atoms with E-state index < -0.39 is 0 Å². The zero-order chi connectivity index (χ0) is 21.1. The Labute approximate surface area is 174 Å². The van der Waals surface area contributed by atoms with Gasteiger partial charge in [0.05, 0.1) is 12.8 Å². The van der Waals surface area contributed by atoms with Crippen LogP contribution in [0.1, 0.15) is 18.9 Å². The number of benzene rings is 3. The van der Waals surface area contributed by atoms with Crippen LogP contribution in [0.25, 0.3) is 21.8 Å². The molecule has 0 radical (unpaired) electrons. The highest BCUT2D eigenvalue weighted by atomic mass is 16.5. The summed E-state index contributed by atoms with van der Waals surface area (Å²) in [6.07, 6.45) is 0.304. The molecule has 2 N–H and O–H groups in total. The molecule has 1 heterocycles. The van der Waals surface area contributed by atoms with Gasteiger partial charge in [0.15, 0.2) is 11.5 Å². The number of nitrogens with zero attached hydrogens (tertiary/aromatic N) is 2. The van der Waals surface area contributed by atoms with Gasteiger partial charge in [-0.1, -0.05) is 36.4 Å². The molecule has 0 unspecified atom stereocenters. The number of phenols is 1. The molecule has 6 nitrogen and oxygen atoms in total.